The van der Waals surface area contributed by atoms with E-state index in [2.05, 4.69) is 29.8 Å². The zero-order valence-corrected chi connectivity index (χ0v) is 13.2. The summed E-state index contributed by atoms with van der Waals surface area (Å²) < 4.78 is 46.8. The molecule has 26 heavy (non-hydrogen) atoms. The van der Waals surface area contributed by atoms with E-state index in [-0.39, 0.29) is 6.42 Å². The van der Waals surface area contributed by atoms with E-state index in [1.807, 2.05) is 0 Å². The zero-order chi connectivity index (χ0) is 18.6. The molecule has 0 radical (unpaired) electrons. The minimum Gasteiger partial charge on any atom is -0.431 e. The number of carbonyl (C=O) groups is 1. The Hall–Kier alpha value is -3.24. The SMILES string of the molecule is O=C(CCCc1nc(-c2ccncc2)no1)Nc1nc(C(F)(F)F)co1. The fourth-order valence-corrected chi connectivity index (χ4v) is 2.02. The smallest absolute Gasteiger partial charge is 0.431 e. The summed E-state index contributed by atoms with van der Waals surface area (Å²) in [7, 11) is 0. The molecule has 0 saturated heterocycles. The van der Waals surface area contributed by atoms with E-state index >= 15 is 0 Å². The number of hydrogen-bond donors (Lipinski definition) is 1. The summed E-state index contributed by atoms with van der Waals surface area (Å²) in [4.78, 5) is 23.0. The maximum atomic E-state index is 12.4. The Bertz CT molecular complexity index is 876. The maximum absolute atomic E-state index is 12.4. The van der Waals surface area contributed by atoms with Gasteiger partial charge in [-0.05, 0) is 18.6 Å². The Morgan fingerprint density at radius 3 is 2.65 bits per heavy atom. The lowest BCUT2D eigenvalue weighted by atomic mass is 10.2. The molecule has 0 aromatic carbocycles. The number of amides is 1. The molecule has 0 fully saturated rings. The van der Waals surface area contributed by atoms with Crippen LogP contribution >= 0.6 is 0 Å². The van der Waals surface area contributed by atoms with Gasteiger partial charge in [0.1, 0.15) is 6.26 Å². The van der Waals surface area contributed by atoms with Crippen LogP contribution in [0.2, 0.25) is 0 Å². The second-order valence-corrected chi connectivity index (χ2v) is 5.18. The highest BCUT2D eigenvalue weighted by atomic mass is 19.4. The highest BCUT2D eigenvalue weighted by Gasteiger charge is 2.35. The third kappa shape index (κ3) is 4.43. The predicted octanol–water partition coefficient (Wildman–Crippen LogP) is 3.10. The van der Waals surface area contributed by atoms with Crippen LogP contribution in [0.5, 0.6) is 0 Å². The normalized spacial score (nSPS) is 11.5. The number of pyridine rings is 1. The van der Waals surface area contributed by atoms with Crippen LogP contribution in [0.15, 0.2) is 39.7 Å². The molecule has 1 amide bonds. The van der Waals surface area contributed by atoms with Crippen molar-refractivity contribution in [2.45, 2.75) is 25.4 Å². The van der Waals surface area contributed by atoms with Crippen molar-refractivity contribution in [2.24, 2.45) is 0 Å². The minimum absolute atomic E-state index is 0.0245. The average Bonchev–Trinajstić information content (AvgIpc) is 3.25. The van der Waals surface area contributed by atoms with E-state index in [1.165, 1.54) is 0 Å². The highest BCUT2D eigenvalue weighted by Crippen LogP contribution is 2.29. The van der Waals surface area contributed by atoms with Crippen molar-refractivity contribution in [2.75, 3.05) is 5.32 Å². The number of carbonyl (C=O) groups excluding carboxylic acids is 1. The number of nitrogens with zero attached hydrogens (tertiary/aromatic N) is 4. The van der Waals surface area contributed by atoms with E-state index in [0.29, 0.717) is 30.8 Å². The van der Waals surface area contributed by atoms with Crippen LogP contribution in [0.4, 0.5) is 19.2 Å². The molecule has 0 bridgehead atoms. The van der Waals surface area contributed by atoms with E-state index in [1.54, 1.807) is 24.5 Å². The van der Waals surface area contributed by atoms with Crippen molar-refractivity contribution in [3.05, 3.63) is 42.4 Å². The van der Waals surface area contributed by atoms with Gasteiger partial charge in [-0.25, -0.2) is 0 Å². The van der Waals surface area contributed by atoms with Crippen LogP contribution in [0.25, 0.3) is 11.4 Å². The lowest BCUT2D eigenvalue weighted by molar-refractivity contribution is -0.141. The van der Waals surface area contributed by atoms with Crippen molar-refractivity contribution in [1.82, 2.24) is 20.1 Å². The predicted molar refractivity (Wildman–Crippen MR) is 80.6 cm³/mol. The summed E-state index contributed by atoms with van der Waals surface area (Å²) in [5.41, 5.74) is -0.459. The summed E-state index contributed by atoms with van der Waals surface area (Å²) in [6.07, 6.45) is -0.269. The van der Waals surface area contributed by atoms with Gasteiger partial charge in [-0.1, -0.05) is 5.16 Å². The molecule has 3 heterocycles. The molecule has 3 aromatic heterocycles. The van der Waals surface area contributed by atoms with E-state index in [9.17, 15) is 18.0 Å². The number of rotatable bonds is 6. The number of aromatic nitrogens is 4. The molecule has 0 atom stereocenters. The first-order valence-corrected chi connectivity index (χ1v) is 7.47. The Labute approximate surface area is 144 Å². The van der Waals surface area contributed by atoms with Gasteiger partial charge in [0.15, 0.2) is 5.69 Å². The van der Waals surface area contributed by atoms with Crippen LogP contribution in [-0.4, -0.2) is 26.0 Å². The van der Waals surface area contributed by atoms with Crippen molar-refractivity contribution in [1.29, 1.82) is 0 Å². The summed E-state index contributed by atoms with van der Waals surface area (Å²) in [6.45, 7) is 0. The second kappa shape index (κ2) is 7.33. The first-order valence-electron chi connectivity index (χ1n) is 7.47. The number of nitrogens with one attached hydrogen (secondary N) is 1. The molecule has 0 unspecified atom stereocenters. The number of anilines is 1. The van der Waals surface area contributed by atoms with Gasteiger partial charge in [0.05, 0.1) is 0 Å². The first-order chi connectivity index (χ1) is 12.4. The average molecular weight is 367 g/mol. The monoisotopic (exact) mass is 367 g/mol. The molecule has 0 aliphatic rings. The van der Waals surface area contributed by atoms with Crippen LogP contribution in [0.1, 0.15) is 24.4 Å². The van der Waals surface area contributed by atoms with Crippen molar-refractivity contribution in [3.8, 4) is 11.4 Å². The molecule has 0 aliphatic heterocycles. The Morgan fingerprint density at radius 2 is 1.96 bits per heavy atom. The summed E-state index contributed by atoms with van der Waals surface area (Å²) >= 11 is 0. The first kappa shape index (κ1) is 17.6. The quantitative estimate of drug-likeness (QED) is 0.713. The molecule has 8 nitrogen and oxygen atoms in total. The highest BCUT2D eigenvalue weighted by molar-refractivity contribution is 5.88. The standard InChI is InChI=1S/C15H12F3N5O3/c16-15(17,18)10-8-25-14(20-10)21-11(24)2-1-3-12-22-13(23-26-12)9-4-6-19-7-5-9/h4-8H,1-3H2,(H,20,21,24). The van der Waals surface area contributed by atoms with Crippen molar-refractivity contribution < 1.29 is 26.9 Å². The van der Waals surface area contributed by atoms with Gasteiger partial charge < -0.3 is 8.94 Å². The number of alkyl halides is 3. The number of oxazole rings is 1. The molecule has 11 heteroatoms. The van der Waals surface area contributed by atoms with Crippen molar-refractivity contribution in [3.63, 3.8) is 0 Å². The second-order valence-electron chi connectivity index (χ2n) is 5.18. The molecule has 1 N–H and O–H groups in total. The van der Waals surface area contributed by atoms with E-state index < -0.39 is 23.8 Å². The Balaban J connectivity index is 1.47. The van der Waals surface area contributed by atoms with Gasteiger partial charge in [-0.2, -0.15) is 23.1 Å². The number of hydrogen-bond acceptors (Lipinski definition) is 7. The fraction of sp³-hybridized carbons (Fsp3) is 0.267. The van der Waals surface area contributed by atoms with Gasteiger partial charge in [0.25, 0.3) is 0 Å². The van der Waals surface area contributed by atoms with Gasteiger partial charge in [-0.3, -0.25) is 15.1 Å². The molecule has 136 valence electrons. The molecule has 0 aliphatic carbocycles. The Morgan fingerprint density at radius 1 is 1.19 bits per heavy atom. The van der Waals surface area contributed by atoms with Crippen LogP contribution in [0.3, 0.4) is 0 Å². The number of halogens is 3. The van der Waals surface area contributed by atoms with Gasteiger partial charge >= 0.3 is 12.2 Å². The minimum atomic E-state index is -4.63. The fourth-order valence-electron chi connectivity index (χ4n) is 2.02. The van der Waals surface area contributed by atoms with E-state index in [0.717, 1.165) is 5.56 Å². The molecule has 3 aromatic rings. The Kier molecular flexibility index (Phi) is 4.96. The molecule has 0 saturated carbocycles. The van der Waals surface area contributed by atoms with Gasteiger partial charge in [0.2, 0.25) is 17.6 Å². The summed E-state index contributed by atoms with van der Waals surface area (Å²) in [5.74, 6) is 0.223. The molecule has 3 rings (SSSR count). The molecule has 0 spiro atoms. The largest absolute Gasteiger partial charge is 0.436 e. The van der Waals surface area contributed by atoms with Crippen molar-refractivity contribution >= 4 is 11.9 Å². The lowest BCUT2D eigenvalue weighted by Gasteiger charge is -2.00. The maximum Gasteiger partial charge on any atom is 0.436 e. The van der Waals surface area contributed by atoms with Gasteiger partial charge in [-0.15, -0.1) is 0 Å². The molecular weight excluding hydrogens is 355 g/mol. The zero-order valence-electron chi connectivity index (χ0n) is 13.2. The van der Waals surface area contributed by atoms with Gasteiger partial charge in [0, 0.05) is 30.8 Å². The van der Waals surface area contributed by atoms with E-state index in [4.69, 9.17) is 4.52 Å². The summed E-state index contributed by atoms with van der Waals surface area (Å²) in [5, 5.41) is 5.99. The summed E-state index contributed by atoms with van der Waals surface area (Å²) in [6, 6.07) is 2.96. The number of aryl methyl sites for hydroxylation is 1. The third-order valence-corrected chi connectivity index (χ3v) is 3.24. The van der Waals surface area contributed by atoms with Crippen LogP contribution in [-0.2, 0) is 17.4 Å². The van der Waals surface area contributed by atoms with Crippen LogP contribution < -0.4 is 5.32 Å². The third-order valence-electron chi connectivity index (χ3n) is 3.24. The molecular formula is C15H12F3N5O3. The van der Waals surface area contributed by atoms with Crippen LogP contribution in [0, 0.1) is 0 Å². The lowest BCUT2D eigenvalue weighted by Crippen LogP contribution is -2.12. The topological polar surface area (TPSA) is 107 Å².